The number of rotatable bonds is 9. The number of ether oxygens (including phenoxy) is 2. The van der Waals surface area contributed by atoms with Crippen LogP contribution in [0, 0.1) is 0 Å². The van der Waals surface area contributed by atoms with Crippen LogP contribution in [0.4, 0.5) is 0 Å². The predicted molar refractivity (Wildman–Crippen MR) is 121 cm³/mol. The van der Waals surface area contributed by atoms with Crippen molar-refractivity contribution >= 4 is 23.4 Å². The molecule has 0 unspecified atom stereocenters. The van der Waals surface area contributed by atoms with E-state index in [1.807, 2.05) is 44.2 Å². The standard InChI is InChI=1S/C24H29ClN2O4/c1-3-20(24(29)26-4-2)27(16-18-5-9-19(25)10-6-18)23(28)12-8-17-7-11-21-22(15-17)31-14-13-30-21/h5-7,9-11,15,20H,3-4,8,12-14,16H2,1-2H3,(H,26,29)/t20-/m1/s1. The van der Waals surface area contributed by atoms with Gasteiger partial charge in [0.15, 0.2) is 11.5 Å². The molecule has 0 spiro atoms. The van der Waals surface area contributed by atoms with E-state index in [-0.39, 0.29) is 11.8 Å². The highest BCUT2D eigenvalue weighted by Gasteiger charge is 2.28. The van der Waals surface area contributed by atoms with Gasteiger partial charge in [-0.1, -0.05) is 36.7 Å². The Morgan fingerprint density at radius 1 is 1.03 bits per heavy atom. The van der Waals surface area contributed by atoms with E-state index >= 15 is 0 Å². The summed E-state index contributed by atoms with van der Waals surface area (Å²) in [5.74, 6) is 1.24. The normalized spacial score (nSPS) is 13.4. The molecule has 6 nitrogen and oxygen atoms in total. The lowest BCUT2D eigenvalue weighted by Crippen LogP contribution is -2.49. The monoisotopic (exact) mass is 444 g/mol. The molecule has 2 amide bonds. The molecule has 166 valence electrons. The van der Waals surface area contributed by atoms with Crippen molar-refractivity contribution in [1.29, 1.82) is 0 Å². The summed E-state index contributed by atoms with van der Waals surface area (Å²) in [5.41, 5.74) is 1.93. The van der Waals surface area contributed by atoms with Crippen molar-refractivity contribution in [3.63, 3.8) is 0 Å². The Morgan fingerprint density at radius 3 is 2.39 bits per heavy atom. The fourth-order valence-corrected chi connectivity index (χ4v) is 3.76. The number of likely N-dealkylation sites (N-methyl/N-ethyl adjacent to an activating group) is 1. The second kappa shape index (κ2) is 11.0. The lowest BCUT2D eigenvalue weighted by atomic mass is 10.1. The lowest BCUT2D eigenvalue weighted by Gasteiger charge is -2.30. The Labute approximate surface area is 188 Å². The highest BCUT2D eigenvalue weighted by molar-refractivity contribution is 6.30. The summed E-state index contributed by atoms with van der Waals surface area (Å²) in [5, 5.41) is 3.49. The van der Waals surface area contributed by atoms with Gasteiger partial charge in [-0.3, -0.25) is 9.59 Å². The zero-order chi connectivity index (χ0) is 22.2. The molecule has 1 aliphatic heterocycles. The summed E-state index contributed by atoms with van der Waals surface area (Å²) in [7, 11) is 0. The van der Waals surface area contributed by atoms with E-state index in [4.69, 9.17) is 21.1 Å². The smallest absolute Gasteiger partial charge is 0.242 e. The van der Waals surface area contributed by atoms with Gasteiger partial charge >= 0.3 is 0 Å². The highest BCUT2D eigenvalue weighted by atomic mass is 35.5. The predicted octanol–water partition coefficient (Wildman–Crippen LogP) is 3.99. The number of aryl methyl sites for hydroxylation is 1. The summed E-state index contributed by atoms with van der Waals surface area (Å²) in [4.78, 5) is 27.6. The molecule has 1 N–H and O–H groups in total. The molecule has 0 aromatic heterocycles. The molecule has 0 bridgehead atoms. The average molecular weight is 445 g/mol. The number of carbonyl (C=O) groups excluding carboxylic acids is 2. The van der Waals surface area contributed by atoms with E-state index in [1.165, 1.54) is 0 Å². The van der Waals surface area contributed by atoms with Crippen LogP contribution in [0.2, 0.25) is 5.02 Å². The molecule has 0 aliphatic carbocycles. The minimum atomic E-state index is -0.525. The third-order valence-electron chi connectivity index (χ3n) is 5.24. The van der Waals surface area contributed by atoms with Crippen molar-refractivity contribution in [1.82, 2.24) is 10.2 Å². The molecule has 3 rings (SSSR count). The maximum absolute atomic E-state index is 13.2. The number of carbonyl (C=O) groups is 2. The summed E-state index contributed by atoms with van der Waals surface area (Å²) < 4.78 is 11.2. The van der Waals surface area contributed by atoms with Crippen LogP contribution in [0.15, 0.2) is 42.5 Å². The van der Waals surface area contributed by atoms with Gasteiger partial charge in [0, 0.05) is 24.5 Å². The zero-order valence-corrected chi connectivity index (χ0v) is 18.8. The summed E-state index contributed by atoms with van der Waals surface area (Å²) in [6.07, 6.45) is 1.39. The Morgan fingerprint density at radius 2 is 1.71 bits per heavy atom. The Kier molecular flexibility index (Phi) is 8.18. The van der Waals surface area contributed by atoms with Gasteiger partial charge < -0.3 is 19.7 Å². The average Bonchev–Trinajstić information content (AvgIpc) is 2.78. The van der Waals surface area contributed by atoms with Gasteiger partial charge in [0.05, 0.1) is 0 Å². The van der Waals surface area contributed by atoms with Crippen molar-refractivity contribution in [2.24, 2.45) is 0 Å². The molecule has 2 aromatic carbocycles. The quantitative estimate of drug-likeness (QED) is 0.635. The number of fused-ring (bicyclic) bond motifs is 1. The van der Waals surface area contributed by atoms with Crippen molar-refractivity contribution in [2.45, 2.75) is 45.7 Å². The third kappa shape index (κ3) is 6.14. The SMILES string of the molecule is CCNC(=O)[C@@H](CC)N(Cc1ccc(Cl)cc1)C(=O)CCc1ccc2c(c1)OCCO2. The van der Waals surface area contributed by atoms with E-state index in [0.717, 1.165) is 16.9 Å². The van der Waals surface area contributed by atoms with Gasteiger partial charge in [-0.15, -0.1) is 0 Å². The fraction of sp³-hybridized carbons (Fsp3) is 0.417. The van der Waals surface area contributed by atoms with Crippen molar-refractivity contribution < 1.29 is 19.1 Å². The van der Waals surface area contributed by atoms with E-state index in [9.17, 15) is 9.59 Å². The summed E-state index contributed by atoms with van der Waals surface area (Å²) in [6, 6.07) is 12.6. The second-order valence-electron chi connectivity index (χ2n) is 7.44. The number of halogens is 1. The molecule has 2 aromatic rings. The Bertz CT molecular complexity index is 901. The van der Waals surface area contributed by atoms with Crippen LogP contribution in [0.3, 0.4) is 0 Å². The largest absolute Gasteiger partial charge is 0.486 e. The minimum absolute atomic E-state index is 0.0667. The van der Waals surface area contributed by atoms with Crippen LogP contribution < -0.4 is 14.8 Å². The fourth-order valence-electron chi connectivity index (χ4n) is 3.64. The van der Waals surface area contributed by atoms with Crippen LogP contribution in [0.1, 0.15) is 37.8 Å². The minimum Gasteiger partial charge on any atom is -0.486 e. The van der Waals surface area contributed by atoms with Gasteiger partial charge in [0.2, 0.25) is 11.8 Å². The molecular weight excluding hydrogens is 416 g/mol. The molecule has 0 saturated heterocycles. The first-order valence-corrected chi connectivity index (χ1v) is 11.1. The van der Waals surface area contributed by atoms with Crippen LogP contribution in [0.25, 0.3) is 0 Å². The summed E-state index contributed by atoms with van der Waals surface area (Å²) in [6.45, 7) is 5.74. The van der Waals surface area contributed by atoms with Crippen molar-refractivity contribution in [2.75, 3.05) is 19.8 Å². The number of benzene rings is 2. The van der Waals surface area contributed by atoms with Gasteiger partial charge in [0.25, 0.3) is 0 Å². The number of nitrogens with one attached hydrogen (secondary N) is 1. The van der Waals surface area contributed by atoms with Crippen LogP contribution >= 0.6 is 11.6 Å². The molecule has 0 saturated carbocycles. The van der Waals surface area contributed by atoms with E-state index in [1.54, 1.807) is 17.0 Å². The van der Waals surface area contributed by atoms with E-state index in [2.05, 4.69) is 5.32 Å². The number of amides is 2. The van der Waals surface area contributed by atoms with Crippen LogP contribution in [-0.4, -0.2) is 42.5 Å². The first-order valence-electron chi connectivity index (χ1n) is 10.7. The van der Waals surface area contributed by atoms with Gasteiger partial charge in [0.1, 0.15) is 19.3 Å². The number of hydrogen-bond donors (Lipinski definition) is 1. The van der Waals surface area contributed by atoms with E-state index < -0.39 is 6.04 Å². The molecule has 1 heterocycles. The van der Waals surface area contributed by atoms with E-state index in [0.29, 0.717) is 56.3 Å². The van der Waals surface area contributed by atoms with Crippen LogP contribution in [-0.2, 0) is 22.6 Å². The molecule has 0 fully saturated rings. The van der Waals surface area contributed by atoms with Crippen molar-refractivity contribution in [3.05, 3.63) is 58.6 Å². The van der Waals surface area contributed by atoms with Gasteiger partial charge in [-0.25, -0.2) is 0 Å². The lowest BCUT2D eigenvalue weighted by molar-refractivity contribution is -0.141. The van der Waals surface area contributed by atoms with Crippen LogP contribution in [0.5, 0.6) is 11.5 Å². The molecule has 7 heteroatoms. The highest BCUT2D eigenvalue weighted by Crippen LogP contribution is 2.31. The second-order valence-corrected chi connectivity index (χ2v) is 7.88. The summed E-state index contributed by atoms with van der Waals surface area (Å²) >= 11 is 6.00. The molecule has 1 atom stereocenters. The zero-order valence-electron chi connectivity index (χ0n) is 18.0. The molecule has 0 radical (unpaired) electrons. The van der Waals surface area contributed by atoms with Crippen molar-refractivity contribution in [3.8, 4) is 11.5 Å². The molecule has 31 heavy (non-hydrogen) atoms. The molecular formula is C24H29ClN2O4. The Balaban J connectivity index is 1.74. The maximum atomic E-state index is 13.2. The first kappa shape index (κ1) is 22.9. The number of hydrogen-bond acceptors (Lipinski definition) is 4. The third-order valence-corrected chi connectivity index (χ3v) is 5.49. The topological polar surface area (TPSA) is 67.9 Å². The maximum Gasteiger partial charge on any atom is 0.242 e. The first-order chi connectivity index (χ1) is 15.0. The van der Waals surface area contributed by atoms with Gasteiger partial charge in [-0.05, 0) is 55.2 Å². The Hall–Kier alpha value is -2.73. The molecule has 1 aliphatic rings. The van der Waals surface area contributed by atoms with Gasteiger partial charge in [-0.2, -0.15) is 0 Å². The number of nitrogens with zero attached hydrogens (tertiary/aromatic N) is 1.